The molecule has 0 aliphatic carbocycles. The van der Waals surface area contributed by atoms with Crippen molar-refractivity contribution in [2.75, 3.05) is 11.4 Å². The molecule has 2 amide bonds. The Hall–Kier alpha value is -2.69. The highest BCUT2D eigenvalue weighted by Crippen LogP contribution is 2.48. The fraction of sp³-hybridized carbons (Fsp3) is 0.350. The van der Waals surface area contributed by atoms with E-state index in [1.54, 1.807) is 6.08 Å². The minimum atomic E-state index is -0.619. The van der Waals surface area contributed by atoms with Crippen LogP contribution < -0.4 is 4.90 Å². The number of hydrogen-bond acceptors (Lipinski definition) is 4. The number of carbonyl (C=O) groups is 3. The number of fused-ring (bicyclic) bond motifs is 5. The maximum Gasteiger partial charge on any atom is 0.236 e. The van der Waals surface area contributed by atoms with Gasteiger partial charge in [0.15, 0.2) is 5.78 Å². The molecule has 2 saturated heterocycles. The van der Waals surface area contributed by atoms with E-state index >= 15 is 0 Å². The van der Waals surface area contributed by atoms with E-state index in [0.29, 0.717) is 0 Å². The molecule has 2 unspecified atom stereocenters. The van der Waals surface area contributed by atoms with Gasteiger partial charge in [0.1, 0.15) is 6.04 Å². The molecular formula is C20H20N2O3. The van der Waals surface area contributed by atoms with Crippen LogP contribution in [-0.4, -0.2) is 41.1 Å². The first-order chi connectivity index (χ1) is 12.0. The number of aryl methyl sites for hydroxylation is 1. The maximum absolute atomic E-state index is 12.9. The number of anilines is 1. The highest BCUT2D eigenvalue weighted by Gasteiger charge is 2.63. The second kappa shape index (κ2) is 5.41. The Bertz CT molecular complexity index is 841. The highest BCUT2D eigenvalue weighted by molar-refractivity contribution is 6.11. The minimum Gasteiger partial charge on any atom is -0.353 e. The SMILES string of the molecule is C=CCN1C(=O)[C@@H]2C3C=Cc4cc(C)ccc4N3C(C(C)=O)[C@@H]2C1=O. The zero-order valence-electron chi connectivity index (χ0n) is 14.3. The molecule has 2 fully saturated rings. The molecule has 0 radical (unpaired) electrons. The summed E-state index contributed by atoms with van der Waals surface area (Å²) in [6.45, 7) is 7.34. The van der Waals surface area contributed by atoms with Crippen LogP contribution in [-0.2, 0) is 14.4 Å². The van der Waals surface area contributed by atoms with E-state index in [-0.39, 0.29) is 30.2 Å². The van der Waals surface area contributed by atoms with Crippen molar-refractivity contribution in [1.82, 2.24) is 4.90 Å². The fourth-order valence-corrected chi connectivity index (χ4v) is 4.52. The Morgan fingerprint density at radius 2 is 1.96 bits per heavy atom. The predicted octanol–water partition coefficient (Wildman–Crippen LogP) is 1.96. The highest BCUT2D eigenvalue weighted by atomic mass is 16.2. The van der Waals surface area contributed by atoms with Crippen LogP contribution in [0.4, 0.5) is 5.69 Å². The first-order valence-corrected chi connectivity index (χ1v) is 8.49. The molecule has 0 spiro atoms. The van der Waals surface area contributed by atoms with E-state index in [1.165, 1.54) is 11.8 Å². The predicted molar refractivity (Wildman–Crippen MR) is 94.8 cm³/mol. The van der Waals surface area contributed by atoms with Gasteiger partial charge in [0.2, 0.25) is 11.8 Å². The molecule has 1 aromatic carbocycles. The van der Waals surface area contributed by atoms with Crippen LogP contribution in [0.1, 0.15) is 18.1 Å². The Kier molecular flexibility index (Phi) is 3.42. The summed E-state index contributed by atoms with van der Waals surface area (Å²) in [5, 5.41) is 0. The molecule has 3 aliphatic rings. The van der Waals surface area contributed by atoms with Crippen molar-refractivity contribution >= 4 is 29.4 Å². The summed E-state index contributed by atoms with van der Waals surface area (Å²) in [5.74, 6) is -1.67. The lowest BCUT2D eigenvalue weighted by Crippen LogP contribution is -2.48. The van der Waals surface area contributed by atoms with E-state index in [2.05, 4.69) is 12.6 Å². The molecule has 0 aromatic heterocycles. The molecule has 4 rings (SSSR count). The van der Waals surface area contributed by atoms with Crippen LogP contribution in [0.25, 0.3) is 6.08 Å². The Balaban J connectivity index is 1.85. The van der Waals surface area contributed by atoms with Crippen molar-refractivity contribution in [3.63, 3.8) is 0 Å². The Labute approximate surface area is 146 Å². The van der Waals surface area contributed by atoms with Crippen molar-refractivity contribution in [1.29, 1.82) is 0 Å². The van der Waals surface area contributed by atoms with E-state index in [4.69, 9.17) is 0 Å². The Morgan fingerprint density at radius 1 is 1.24 bits per heavy atom. The zero-order chi connectivity index (χ0) is 17.9. The number of likely N-dealkylation sites (tertiary alicyclic amines) is 1. The Morgan fingerprint density at radius 3 is 2.64 bits per heavy atom. The number of imide groups is 1. The number of hydrogen-bond donors (Lipinski definition) is 0. The number of Topliss-reactive ketones (excluding diaryl/α,β-unsaturated/α-hetero) is 1. The summed E-state index contributed by atoms with van der Waals surface area (Å²) in [7, 11) is 0. The van der Waals surface area contributed by atoms with E-state index in [1.807, 2.05) is 36.1 Å². The lowest BCUT2D eigenvalue weighted by molar-refractivity contribution is -0.140. The van der Waals surface area contributed by atoms with Crippen molar-refractivity contribution in [2.45, 2.75) is 25.9 Å². The van der Waals surface area contributed by atoms with Crippen LogP contribution in [0.15, 0.2) is 36.9 Å². The summed E-state index contributed by atoms with van der Waals surface area (Å²) in [5.41, 5.74) is 3.07. The molecule has 1 aromatic rings. The fourth-order valence-electron chi connectivity index (χ4n) is 4.52. The third-order valence-corrected chi connectivity index (χ3v) is 5.48. The third kappa shape index (κ3) is 2.05. The standard InChI is InChI=1S/C20H20N2O3/c1-4-9-21-19(24)16-15-8-6-13-10-11(2)5-7-14(13)22(15)18(12(3)23)17(16)20(21)25/h4-8,10,15-18H,1,9H2,2-3H3/t15?,16-,17-,18?/m1/s1. The summed E-state index contributed by atoms with van der Waals surface area (Å²) in [4.78, 5) is 41.4. The molecule has 5 heteroatoms. The lowest BCUT2D eigenvalue weighted by atomic mass is 9.88. The number of benzene rings is 1. The minimum absolute atomic E-state index is 0.0825. The van der Waals surface area contributed by atoms with Crippen LogP contribution in [0.2, 0.25) is 0 Å². The number of ketones is 1. The van der Waals surface area contributed by atoms with Crippen LogP contribution in [0, 0.1) is 18.8 Å². The maximum atomic E-state index is 12.9. The van der Waals surface area contributed by atoms with Crippen LogP contribution in [0.5, 0.6) is 0 Å². The second-order valence-electron chi connectivity index (χ2n) is 7.00. The van der Waals surface area contributed by atoms with Crippen molar-refractivity contribution in [3.05, 3.63) is 48.1 Å². The van der Waals surface area contributed by atoms with Gasteiger partial charge in [-0.3, -0.25) is 19.3 Å². The first-order valence-electron chi connectivity index (χ1n) is 8.49. The summed E-state index contributed by atoms with van der Waals surface area (Å²) in [6, 6.07) is 5.16. The molecule has 25 heavy (non-hydrogen) atoms. The van der Waals surface area contributed by atoms with Crippen molar-refractivity contribution in [3.8, 4) is 0 Å². The molecule has 4 atom stereocenters. The van der Waals surface area contributed by atoms with E-state index < -0.39 is 17.9 Å². The number of rotatable bonds is 3. The topological polar surface area (TPSA) is 57.7 Å². The summed E-state index contributed by atoms with van der Waals surface area (Å²) < 4.78 is 0. The van der Waals surface area contributed by atoms with Gasteiger partial charge < -0.3 is 4.90 Å². The van der Waals surface area contributed by atoms with Crippen LogP contribution >= 0.6 is 0 Å². The largest absolute Gasteiger partial charge is 0.353 e. The number of carbonyl (C=O) groups excluding carboxylic acids is 3. The van der Waals surface area contributed by atoms with Crippen molar-refractivity contribution in [2.24, 2.45) is 11.8 Å². The summed E-state index contributed by atoms with van der Waals surface area (Å²) >= 11 is 0. The first kappa shape index (κ1) is 15.8. The lowest BCUT2D eigenvalue weighted by Gasteiger charge is -2.36. The molecule has 0 saturated carbocycles. The van der Waals surface area contributed by atoms with Gasteiger partial charge in [0.05, 0.1) is 17.9 Å². The molecule has 3 heterocycles. The molecule has 0 N–H and O–H groups in total. The van der Waals surface area contributed by atoms with Gasteiger partial charge in [-0.1, -0.05) is 29.9 Å². The van der Waals surface area contributed by atoms with Gasteiger partial charge in [-0.05, 0) is 31.5 Å². The quantitative estimate of drug-likeness (QED) is 0.625. The normalized spacial score (nSPS) is 29.5. The molecule has 5 nitrogen and oxygen atoms in total. The molecule has 3 aliphatic heterocycles. The average Bonchev–Trinajstić information content (AvgIpc) is 3.04. The number of amides is 2. The van der Waals surface area contributed by atoms with Gasteiger partial charge in [-0.2, -0.15) is 0 Å². The van der Waals surface area contributed by atoms with Crippen molar-refractivity contribution < 1.29 is 14.4 Å². The molecular weight excluding hydrogens is 316 g/mol. The van der Waals surface area contributed by atoms with Gasteiger partial charge in [-0.15, -0.1) is 6.58 Å². The van der Waals surface area contributed by atoms with E-state index in [0.717, 1.165) is 16.8 Å². The third-order valence-electron chi connectivity index (χ3n) is 5.48. The van der Waals surface area contributed by atoms with Gasteiger partial charge >= 0.3 is 0 Å². The zero-order valence-corrected chi connectivity index (χ0v) is 14.3. The summed E-state index contributed by atoms with van der Waals surface area (Å²) in [6.07, 6.45) is 5.51. The molecule has 128 valence electrons. The molecule has 0 bridgehead atoms. The van der Waals surface area contributed by atoms with E-state index in [9.17, 15) is 14.4 Å². The van der Waals surface area contributed by atoms with Gasteiger partial charge in [0, 0.05) is 12.2 Å². The second-order valence-corrected chi connectivity index (χ2v) is 7.00. The van der Waals surface area contributed by atoms with Gasteiger partial charge in [-0.25, -0.2) is 0 Å². The monoisotopic (exact) mass is 336 g/mol. The van der Waals surface area contributed by atoms with Gasteiger partial charge in [0.25, 0.3) is 0 Å². The average molecular weight is 336 g/mol. The smallest absolute Gasteiger partial charge is 0.236 e. The number of nitrogens with zero attached hydrogens (tertiary/aromatic N) is 2. The van der Waals surface area contributed by atoms with Crippen LogP contribution in [0.3, 0.4) is 0 Å².